The van der Waals surface area contributed by atoms with Crippen molar-refractivity contribution in [1.29, 1.82) is 0 Å². The Bertz CT molecular complexity index is 492. The zero-order chi connectivity index (χ0) is 13.5. The Hall–Kier alpha value is -1.51. The molecule has 3 heteroatoms. The Morgan fingerprint density at radius 3 is 2.50 bits per heavy atom. The first-order valence-electron chi connectivity index (χ1n) is 6.46. The highest BCUT2D eigenvalue weighted by molar-refractivity contribution is 5.97. The average Bonchev–Trinajstić information content (AvgIpc) is 2.63. The molecule has 3 nitrogen and oxygen atoms in total. The lowest BCUT2D eigenvalue weighted by molar-refractivity contribution is 0.0777. The van der Waals surface area contributed by atoms with E-state index in [0.717, 1.165) is 36.2 Å². The van der Waals surface area contributed by atoms with E-state index in [9.17, 15) is 4.79 Å². The fraction of sp³-hybridized carbons (Fsp3) is 0.533. The third-order valence-electron chi connectivity index (χ3n) is 3.81. The molecule has 0 unspecified atom stereocenters. The molecule has 98 valence electrons. The van der Waals surface area contributed by atoms with Gasteiger partial charge in [-0.1, -0.05) is 19.9 Å². The van der Waals surface area contributed by atoms with Crippen LogP contribution >= 0.6 is 0 Å². The molecule has 2 N–H and O–H groups in total. The first kappa shape index (κ1) is 12.9. The van der Waals surface area contributed by atoms with E-state index in [1.165, 1.54) is 0 Å². The van der Waals surface area contributed by atoms with Gasteiger partial charge in [0.05, 0.1) is 0 Å². The Morgan fingerprint density at radius 1 is 1.28 bits per heavy atom. The molecule has 0 radical (unpaired) electrons. The number of nitrogens with two attached hydrogens (primary N) is 1. The summed E-state index contributed by atoms with van der Waals surface area (Å²) in [7, 11) is 0. The highest BCUT2D eigenvalue weighted by Crippen LogP contribution is 2.30. The molecule has 1 aliphatic heterocycles. The van der Waals surface area contributed by atoms with Crippen molar-refractivity contribution in [2.24, 2.45) is 5.41 Å². The predicted molar refractivity (Wildman–Crippen MR) is 74.6 cm³/mol. The summed E-state index contributed by atoms with van der Waals surface area (Å²) in [5.41, 5.74) is 9.63. The molecule has 0 aliphatic carbocycles. The summed E-state index contributed by atoms with van der Waals surface area (Å²) >= 11 is 0. The smallest absolute Gasteiger partial charge is 0.254 e. The van der Waals surface area contributed by atoms with Crippen LogP contribution in [0.3, 0.4) is 0 Å². The second-order valence-electron chi connectivity index (χ2n) is 6.16. The number of benzene rings is 1. The predicted octanol–water partition coefficient (Wildman–Crippen LogP) is 2.76. The maximum atomic E-state index is 12.5. The highest BCUT2D eigenvalue weighted by Gasteiger charge is 2.32. The van der Waals surface area contributed by atoms with E-state index in [0.29, 0.717) is 5.69 Å². The van der Waals surface area contributed by atoms with Crippen LogP contribution in [0, 0.1) is 19.3 Å². The third kappa shape index (κ3) is 2.35. The van der Waals surface area contributed by atoms with Crippen molar-refractivity contribution in [3.63, 3.8) is 0 Å². The molecular formula is C15H22N2O. The fourth-order valence-corrected chi connectivity index (χ4v) is 2.56. The van der Waals surface area contributed by atoms with Crippen molar-refractivity contribution in [2.75, 3.05) is 18.8 Å². The lowest BCUT2D eigenvalue weighted by atomic mass is 9.93. The molecule has 1 aromatic carbocycles. The first-order valence-corrected chi connectivity index (χ1v) is 6.46. The van der Waals surface area contributed by atoms with Crippen molar-refractivity contribution < 1.29 is 4.79 Å². The summed E-state index contributed by atoms with van der Waals surface area (Å²) in [5.74, 6) is 0.116. The molecule has 0 bridgehead atoms. The van der Waals surface area contributed by atoms with E-state index in [1.807, 2.05) is 30.9 Å². The highest BCUT2D eigenvalue weighted by atomic mass is 16.2. The van der Waals surface area contributed by atoms with E-state index < -0.39 is 0 Å². The van der Waals surface area contributed by atoms with Crippen LogP contribution in [0.4, 0.5) is 5.69 Å². The molecule has 1 aliphatic rings. The lowest BCUT2D eigenvalue weighted by Crippen LogP contribution is -2.30. The van der Waals surface area contributed by atoms with E-state index in [4.69, 9.17) is 5.73 Å². The van der Waals surface area contributed by atoms with Crippen LogP contribution in [0.25, 0.3) is 0 Å². The Kier molecular flexibility index (Phi) is 3.09. The summed E-state index contributed by atoms with van der Waals surface area (Å²) in [6.45, 7) is 10.0. The number of rotatable bonds is 1. The van der Waals surface area contributed by atoms with Gasteiger partial charge in [0, 0.05) is 24.3 Å². The molecule has 1 saturated heterocycles. The normalized spacial score (nSPS) is 18.1. The third-order valence-corrected chi connectivity index (χ3v) is 3.81. The number of hydrogen-bond donors (Lipinski definition) is 1. The van der Waals surface area contributed by atoms with Gasteiger partial charge in [-0.2, -0.15) is 0 Å². The number of likely N-dealkylation sites (tertiary alicyclic amines) is 1. The Labute approximate surface area is 109 Å². The molecular weight excluding hydrogens is 224 g/mol. The SMILES string of the molecule is Cc1cc(C)c(C(=O)N2CCC(C)(C)C2)cc1N. The minimum absolute atomic E-state index is 0.116. The van der Waals surface area contributed by atoms with Gasteiger partial charge in [-0.05, 0) is 42.9 Å². The zero-order valence-corrected chi connectivity index (χ0v) is 11.7. The van der Waals surface area contributed by atoms with Crippen molar-refractivity contribution in [1.82, 2.24) is 4.90 Å². The van der Waals surface area contributed by atoms with Crippen LogP contribution in [0.2, 0.25) is 0 Å². The van der Waals surface area contributed by atoms with Crippen molar-refractivity contribution >= 4 is 11.6 Å². The summed E-state index contributed by atoms with van der Waals surface area (Å²) in [4.78, 5) is 14.4. The maximum Gasteiger partial charge on any atom is 0.254 e. The van der Waals surface area contributed by atoms with Gasteiger partial charge >= 0.3 is 0 Å². The minimum atomic E-state index is 0.116. The van der Waals surface area contributed by atoms with Gasteiger partial charge in [0.25, 0.3) is 5.91 Å². The monoisotopic (exact) mass is 246 g/mol. The second kappa shape index (κ2) is 4.30. The first-order chi connectivity index (χ1) is 8.30. The van der Waals surface area contributed by atoms with Crippen molar-refractivity contribution in [3.05, 3.63) is 28.8 Å². The number of aryl methyl sites for hydroxylation is 2. The summed E-state index contributed by atoms with van der Waals surface area (Å²) in [5, 5.41) is 0. The van der Waals surface area contributed by atoms with E-state index in [2.05, 4.69) is 13.8 Å². The second-order valence-corrected chi connectivity index (χ2v) is 6.16. The summed E-state index contributed by atoms with van der Waals surface area (Å²) in [6, 6.07) is 3.81. The molecule has 1 fully saturated rings. The topological polar surface area (TPSA) is 46.3 Å². The largest absolute Gasteiger partial charge is 0.398 e. The molecule has 0 aromatic heterocycles. The zero-order valence-electron chi connectivity index (χ0n) is 11.7. The van der Waals surface area contributed by atoms with Crippen LogP contribution in [0.1, 0.15) is 41.8 Å². The van der Waals surface area contributed by atoms with Gasteiger partial charge < -0.3 is 10.6 Å². The standard InChI is InChI=1S/C15H22N2O/c1-10-7-11(2)13(16)8-12(10)14(18)17-6-5-15(3,4)9-17/h7-8H,5-6,9,16H2,1-4H3. The minimum Gasteiger partial charge on any atom is -0.398 e. The van der Waals surface area contributed by atoms with Gasteiger partial charge in [0.1, 0.15) is 0 Å². The maximum absolute atomic E-state index is 12.5. The molecule has 0 atom stereocenters. The van der Waals surface area contributed by atoms with Gasteiger partial charge in [0.2, 0.25) is 0 Å². The van der Waals surface area contributed by atoms with E-state index in [1.54, 1.807) is 0 Å². The van der Waals surface area contributed by atoms with Crippen LogP contribution in [-0.4, -0.2) is 23.9 Å². The number of anilines is 1. The van der Waals surface area contributed by atoms with Crippen molar-refractivity contribution in [2.45, 2.75) is 34.1 Å². The number of hydrogen-bond acceptors (Lipinski definition) is 2. The molecule has 2 rings (SSSR count). The molecule has 0 saturated carbocycles. The number of carbonyl (C=O) groups is 1. The number of amides is 1. The Morgan fingerprint density at radius 2 is 1.94 bits per heavy atom. The van der Waals surface area contributed by atoms with Gasteiger partial charge in [-0.3, -0.25) is 4.79 Å². The Balaban J connectivity index is 2.27. The molecule has 0 spiro atoms. The van der Waals surface area contributed by atoms with Crippen molar-refractivity contribution in [3.8, 4) is 0 Å². The lowest BCUT2D eigenvalue weighted by Gasteiger charge is -2.21. The summed E-state index contributed by atoms with van der Waals surface area (Å²) in [6.07, 6.45) is 1.07. The van der Waals surface area contributed by atoms with E-state index >= 15 is 0 Å². The van der Waals surface area contributed by atoms with E-state index in [-0.39, 0.29) is 11.3 Å². The van der Waals surface area contributed by atoms with Crippen LogP contribution in [0.5, 0.6) is 0 Å². The quantitative estimate of drug-likeness (QED) is 0.774. The molecule has 1 heterocycles. The number of carbonyl (C=O) groups excluding carboxylic acids is 1. The fourth-order valence-electron chi connectivity index (χ4n) is 2.56. The van der Waals surface area contributed by atoms with Gasteiger partial charge in [-0.25, -0.2) is 0 Å². The van der Waals surface area contributed by atoms with Crippen LogP contribution in [-0.2, 0) is 0 Å². The summed E-state index contributed by atoms with van der Waals surface area (Å²) < 4.78 is 0. The number of nitrogens with zero attached hydrogens (tertiary/aromatic N) is 1. The van der Waals surface area contributed by atoms with Crippen LogP contribution in [0.15, 0.2) is 12.1 Å². The van der Waals surface area contributed by atoms with Gasteiger partial charge in [-0.15, -0.1) is 0 Å². The van der Waals surface area contributed by atoms with Gasteiger partial charge in [0.15, 0.2) is 0 Å². The molecule has 18 heavy (non-hydrogen) atoms. The molecule has 1 aromatic rings. The number of nitrogen functional groups attached to an aromatic ring is 1. The molecule has 1 amide bonds. The van der Waals surface area contributed by atoms with Crippen LogP contribution < -0.4 is 5.73 Å². The average molecular weight is 246 g/mol.